The lowest BCUT2D eigenvalue weighted by molar-refractivity contribution is -0.124. The molecule has 0 amide bonds. The average Bonchev–Trinajstić information content (AvgIpc) is 1.84. The number of hydrogen-bond donors (Lipinski definition) is 1. The highest BCUT2D eigenvalue weighted by atomic mass is 16.3. The molecule has 0 heterocycles. The molecule has 1 atom stereocenters. The van der Waals surface area contributed by atoms with Crippen molar-refractivity contribution in [2.45, 2.75) is 19.4 Å². The first-order valence-corrected chi connectivity index (χ1v) is 2.55. The summed E-state index contributed by atoms with van der Waals surface area (Å²) in [5.41, 5.74) is 0. The van der Waals surface area contributed by atoms with E-state index in [9.17, 15) is 4.79 Å². The molecule has 0 saturated heterocycles. The van der Waals surface area contributed by atoms with Gasteiger partial charge < -0.3 is 5.11 Å². The van der Waals surface area contributed by atoms with Gasteiger partial charge >= 0.3 is 0 Å². The highest BCUT2D eigenvalue weighted by molar-refractivity contribution is 5.84. The largest absolute Gasteiger partial charge is 0.381 e. The second-order valence-corrected chi connectivity index (χ2v) is 1.50. The number of rotatable bonds is 3. The molecule has 0 fully saturated rings. The first-order chi connectivity index (χ1) is 3.72. The summed E-state index contributed by atoms with van der Waals surface area (Å²) in [5.74, 6) is -0.181. The van der Waals surface area contributed by atoms with Crippen molar-refractivity contribution in [1.29, 1.82) is 0 Å². The molecule has 0 aliphatic rings. The van der Waals surface area contributed by atoms with Crippen LogP contribution in [0.1, 0.15) is 13.3 Å². The summed E-state index contributed by atoms with van der Waals surface area (Å²) < 4.78 is 0. The van der Waals surface area contributed by atoms with Gasteiger partial charge in [-0.2, -0.15) is 0 Å². The molecule has 0 aliphatic carbocycles. The fourth-order valence-electron chi connectivity index (χ4n) is 0.341. The maximum absolute atomic E-state index is 10.4. The number of carbonyl (C=O) groups is 1. The molecule has 0 aliphatic heterocycles. The summed E-state index contributed by atoms with van der Waals surface area (Å²) in [6.45, 7) is 4.96. The van der Waals surface area contributed by atoms with E-state index in [-0.39, 0.29) is 5.78 Å². The average molecular weight is 114 g/mol. The number of aliphatic hydroxyl groups excluding tert-OH is 1. The van der Waals surface area contributed by atoms with Crippen LogP contribution in [-0.4, -0.2) is 17.0 Å². The van der Waals surface area contributed by atoms with Crippen LogP contribution in [-0.2, 0) is 4.79 Å². The Morgan fingerprint density at radius 1 is 2.00 bits per heavy atom. The molecule has 2 heteroatoms. The lowest BCUT2D eigenvalue weighted by atomic mass is 10.2. The van der Waals surface area contributed by atoms with Crippen molar-refractivity contribution in [2.24, 2.45) is 0 Å². The minimum atomic E-state index is -0.958. The Bertz CT molecular complexity index is 96.7. The van der Waals surface area contributed by atoms with E-state index in [1.54, 1.807) is 6.92 Å². The molecular formula is C6H10O2. The molecule has 0 radical (unpaired) electrons. The van der Waals surface area contributed by atoms with E-state index < -0.39 is 6.10 Å². The van der Waals surface area contributed by atoms with Gasteiger partial charge in [0.25, 0.3) is 0 Å². The van der Waals surface area contributed by atoms with Crippen molar-refractivity contribution in [2.75, 3.05) is 0 Å². The van der Waals surface area contributed by atoms with Crippen LogP contribution in [0.3, 0.4) is 0 Å². The molecule has 0 bridgehead atoms. The molecule has 8 heavy (non-hydrogen) atoms. The molecule has 46 valence electrons. The maximum Gasteiger partial charge on any atom is 0.164 e. The van der Waals surface area contributed by atoms with Crippen LogP contribution < -0.4 is 0 Å². The molecular weight excluding hydrogens is 104 g/mol. The summed E-state index contributed by atoms with van der Waals surface area (Å²) in [4.78, 5) is 10.4. The van der Waals surface area contributed by atoms with Gasteiger partial charge in [-0.15, -0.1) is 6.58 Å². The minimum absolute atomic E-state index is 0.181. The van der Waals surface area contributed by atoms with Gasteiger partial charge in [0.2, 0.25) is 0 Å². The first kappa shape index (κ1) is 7.37. The van der Waals surface area contributed by atoms with Gasteiger partial charge in [-0.25, -0.2) is 0 Å². The highest BCUT2D eigenvalue weighted by Gasteiger charge is 2.05. The molecule has 1 N–H and O–H groups in total. The van der Waals surface area contributed by atoms with Crippen molar-refractivity contribution >= 4 is 5.78 Å². The van der Waals surface area contributed by atoms with Gasteiger partial charge in [-0.05, 0) is 0 Å². The summed E-state index contributed by atoms with van der Waals surface area (Å²) in [7, 11) is 0. The Morgan fingerprint density at radius 2 is 2.50 bits per heavy atom. The third kappa shape index (κ3) is 1.89. The number of Topliss-reactive ketones (excluding diaryl/α,β-unsaturated/α-hetero) is 1. The number of aliphatic hydroxyl groups is 1. The lowest BCUT2D eigenvalue weighted by Gasteiger charge is -1.97. The van der Waals surface area contributed by atoms with Crippen LogP contribution in [0.25, 0.3) is 0 Å². The molecule has 2 nitrogen and oxygen atoms in total. The van der Waals surface area contributed by atoms with Crippen molar-refractivity contribution in [3.63, 3.8) is 0 Å². The zero-order valence-corrected chi connectivity index (χ0v) is 4.92. The molecule has 0 aromatic heterocycles. The predicted octanol–water partition coefficient (Wildman–Crippen LogP) is 0.512. The van der Waals surface area contributed by atoms with Crippen molar-refractivity contribution < 1.29 is 9.90 Å². The van der Waals surface area contributed by atoms with Crippen molar-refractivity contribution in [1.82, 2.24) is 0 Å². The zero-order chi connectivity index (χ0) is 6.57. The number of hydrogen-bond acceptors (Lipinski definition) is 2. The summed E-state index contributed by atoms with van der Waals surface area (Å²) in [6.07, 6.45) is 0.638. The fourth-order valence-corrected chi connectivity index (χ4v) is 0.341. The first-order valence-electron chi connectivity index (χ1n) is 2.55. The van der Waals surface area contributed by atoms with E-state index >= 15 is 0 Å². The van der Waals surface area contributed by atoms with Gasteiger partial charge in [-0.3, -0.25) is 4.79 Å². The monoisotopic (exact) mass is 114 g/mol. The molecule has 0 aromatic rings. The minimum Gasteiger partial charge on any atom is -0.381 e. The van der Waals surface area contributed by atoms with Crippen LogP contribution in [0.4, 0.5) is 0 Å². The van der Waals surface area contributed by atoms with Crippen LogP contribution in [0.2, 0.25) is 0 Å². The fraction of sp³-hybridized carbons (Fsp3) is 0.500. The Hall–Kier alpha value is -0.630. The molecule has 0 saturated carbocycles. The molecule has 1 unspecified atom stereocenters. The Labute approximate surface area is 48.8 Å². The normalized spacial score (nSPS) is 12.8. The zero-order valence-electron chi connectivity index (χ0n) is 4.92. The second kappa shape index (κ2) is 3.38. The van der Waals surface area contributed by atoms with Gasteiger partial charge in [0, 0.05) is 6.42 Å². The lowest BCUT2D eigenvalue weighted by Crippen LogP contribution is -2.15. The topological polar surface area (TPSA) is 37.3 Å². The van der Waals surface area contributed by atoms with Crippen LogP contribution in [0.15, 0.2) is 12.7 Å². The van der Waals surface area contributed by atoms with E-state index in [2.05, 4.69) is 6.58 Å². The molecule has 0 spiro atoms. The van der Waals surface area contributed by atoms with Crippen molar-refractivity contribution in [3.8, 4) is 0 Å². The van der Waals surface area contributed by atoms with Gasteiger partial charge in [0.05, 0.1) is 0 Å². The maximum atomic E-state index is 10.4. The van der Waals surface area contributed by atoms with Crippen molar-refractivity contribution in [3.05, 3.63) is 12.7 Å². The Morgan fingerprint density at radius 3 is 2.62 bits per heavy atom. The smallest absolute Gasteiger partial charge is 0.164 e. The van der Waals surface area contributed by atoms with Crippen LogP contribution in [0.5, 0.6) is 0 Å². The van der Waals surface area contributed by atoms with E-state index in [0.29, 0.717) is 6.42 Å². The molecule has 0 aromatic carbocycles. The summed E-state index contributed by atoms with van der Waals surface area (Å²) in [6, 6.07) is 0. The highest BCUT2D eigenvalue weighted by Crippen LogP contribution is 1.89. The van der Waals surface area contributed by atoms with E-state index in [4.69, 9.17) is 5.11 Å². The number of ketones is 1. The van der Waals surface area contributed by atoms with Gasteiger partial charge in [0.1, 0.15) is 6.10 Å². The third-order valence-electron chi connectivity index (χ3n) is 0.902. The van der Waals surface area contributed by atoms with Gasteiger partial charge in [0.15, 0.2) is 5.78 Å². The van der Waals surface area contributed by atoms with Crippen LogP contribution in [0, 0.1) is 0 Å². The summed E-state index contributed by atoms with van der Waals surface area (Å²) in [5, 5.41) is 8.66. The second-order valence-electron chi connectivity index (χ2n) is 1.50. The van der Waals surface area contributed by atoms with E-state index in [1.165, 1.54) is 6.08 Å². The standard InChI is InChI=1S/C6H10O2/c1-3-5(7)6(8)4-2/h3,5,7H,1,4H2,2H3. The Kier molecular flexibility index (Phi) is 3.12. The van der Waals surface area contributed by atoms with E-state index in [0.717, 1.165) is 0 Å². The van der Waals surface area contributed by atoms with Gasteiger partial charge in [-0.1, -0.05) is 13.0 Å². The quantitative estimate of drug-likeness (QED) is 0.543. The molecule has 0 rings (SSSR count). The summed E-state index contributed by atoms with van der Waals surface area (Å²) >= 11 is 0. The SMILES string of the molecule is C=CC(O)C(=O)CC. The Balaban J connectivity index is 3.62. The predicted molar refractivity (Wildman–Crippen MR) is 31.5 cm³/mol. The van der Waals surface area contributed by atoms with E-state index in [1.807, 2.05) is 0 Å². The third-order valence-corrected chi connectivity index (χ3v) is 0.902. The van der Waals surface area contributed by atoms with Crippen LogP contribution >= 0.6 is 0 Å². The number of carbonyl (C=O) groups excluding carboxylic acids is 1.